The van der Waals surface area contributed by atoms with Crippen LogP contribution < -0.4 is 10.6 Å². The van der Waals surface area contributed by atoms with Crippen LogP contribution in [0.5, 0.6) is 0 Å². The number of hydrogen-bond acceptors (Lipinski definition) is 3. The molecule has 1 saturated carbocycles. The van der Waals surface area contributed by atoms with Crippen LogP contribution in [0.3, 0.4) is 0 Å². The van der Waals surface area contributed by atoms with Gasteiger partial charge in [0.15, 0.2) is 0 Å². The van der Waals surface area contributed by atoms with Crippen molar-refractivity contribution in [3.63, 3.8) is 0 Å². The zero-order valence-corrected chi connectivity index (χ0v) is 13.9. The minimum atomic E-state index is -0.249. The van der Waals surface area contributed by atoms with E-state index in [0.717, 1.165) is 32.4 Å². The Labute approximate surface area is 133 Å². The van der Waals surface area contributed by atoms with Crippen molar-refractivity contribution in [3.05, 3.63) is 0 Å². The molecule has 21 heavy (non-hydrogen) atoms. The van der Waals surface area contributed by atoms with E-state index >= 15 is 0 Å². The predicted molar refractivity (Wildman–Crippen MR) is 85.4 cm³/mol. The van der Waals surface area contributed by atoms with Crippen LogP contribution in [0.4, 0.5) is 0 Å². The zero-order chi connectivity index (χ0) is 14.6. The third-order valence-corrected chi connectivity index (χ3v) is 4.84. The van der Waals surface area contributed by atoms with Gasteiger partial charge in [-0.25, -0.2) is 0 Å². The standard InChI is InChI=1S/C15H27N3O2.ClH/c1-3-17-13(19)10-18(4-2)14(20)15-8-6-5-7-12(15)9-16-11-15;/h12,16H,3-11H2,1-2H3,(H,17,19);1H/t12-,15+;/m0./s1. The van der Waals surface area contributed by atoms with Crippen molar-refractivity contribution in [2.24, 2.45) is 11.3 Å². The number of rotatable bonds is 5. The molecule has 1 saturated heterocycles. The summed E-state index contributed by atoms with van der Waals surface area (Å²) < 4.78 is 0. The van der Waals surface area contributed by atoms with Crippen LogP contribution in [-0.4, -0.2) is 49.4 Å². The fraction of sp³-hybridized carbons (Fsp3) is 0.867. The van der Waals surface area contributed by atoms with Crippen LogP contribution in [0.15, 0.2) is 0 Å². The van der Waals surface area contributed by atoms with Crippen LogP contribution in [-0.2, 0) is 9.59 Å². The van der Waals surface area contributed by atoms with Crippen molar-refractivity contribution in [1.82, 2.24) is 15.5 Å². The number of nitrogens with one attached hydrogen (secondary N) is 2. The Balaban J connectivity index is 0.00000220. The molecule has 5 nitrogen and oxygen atoms in total. The molecule has 122 valence electrons. The minimum absolute atomic E-state index is 0. The van der Waals surface area contributed by atoms with Crippen LogP contribution in [0, 0.1) is 11.3 Å². The second kappa shape index (κ2) is 7.99. The number of likely N-dealkylation sites (N-methyl/N-ethyl adjacent to an activating group) is 2. The number of nitrogens with zero attached hydrogens (tertiary/aromatic N) is 1. The summed E-state index contributed by atoms with van der Waals surface area (Å²) >= 11 is 0. The summed E-state index contributed by atoms with van der Waals surface area (Å²) in [5, 5.41) is 6.17. The summed E-state index contributed by atoms with van der Waals surface area (Å²) in [5.74, 6) is 0.574. The molecule has 0 aromatic rings. The largest absolute Gasteiger partial charge is 0.355 e. The lowest BCUT2D eigenvalue weighted by atomic mass is 9.67. The normalized spacial score (nSPS) is 27.4. The Morgan fingerprint density at radius 2 is 2.10 bits per heavy atom. The molecule has 1 heterocycles. The van der Waals surface area contributed by atoms with Gasteiger partial charge in [0.2, 0.25) is 11.8 Å². The topological polar surface area (TPSA) is 61.4 Å². The second-order valence-corrected chi connectivity index (χ2v) is 6.00. The van der Waals surface area contributed by atoms with Crippen molar-refractivity contribution in [1.29, 1.82) is 0 Å². The van der Waals surface area contributed by atoms with Crippen LogP contribution in [0.25, 0.3) is 0 Å². The third-order valence-electron chi connectivity index (χ3n) is 4.84. The van der Waals surface area contributed by atoms with Gasteiger partial charge in [0, 0.05) is 19.6 Å². The van der Waals surface area contributed by atoms with E-state index in [4.69, 9.17) is 0 Å². The number of carbonyl (C=O) groups excluding carboxylic acids is 2. The van der Waals surface area contributed by atoms with Crippen LogP contribution in [0.1, 0.15) is 39.5 Å². The number of halogens is 1. The number of carbonyl (C=O) groups is 2. The lowest BCUT2D eigenvalue weighted by Gasteiger charge is -2.40. The number of amides is 2. The van der Waals surface area contributed by atoms with Crippen molar-refractivity contribution < 1.29 is 9.59 Å². The fourth-order valence-electron chi connectivity index (χ4n) is 3.74. The Morgan fingerprint density at radius 1 is 1.33 bits per heavy atom. The summed E-state index contributed by atoms with van der Waals surface area (Å²) in [6.45, 7) is 6.98. The molecule has 0 spiro atoms. The van der Waals surface area contributed by atoms with E-state index in [9.17, 15) is 9.59 Å². The smallest absolute Gasteiger partial charge is 0.239 e. The Morgan fingerprint density at radius 3 is 2.76 bits per heavy atom. The molecular weight excluding hydrogens is 290 g/mol. The molecule has 2 atom stereocenters. The Hall–Kier alpha value is -0.810. The molecule has 0 aromatic heterocycles. The van der Waals surface area contributed by atoms with E-state index in [0.29, 0.717) is 19.0 Å². The molecule has 0 unspecified atom stereocenters. The second-order valence-electron chi connectivity index (χ2n) is 6.00. The molecule has 1 aliphatic carbocycles. The Bertz CT molecular complexity index is 378. The maximum atomic E-state index is 13.0. The van der Waals surface area contributed by atoms with E-state index in [1.165, 1.54) is 6.42 Å². The summed E-state index contributed by atoms with van der Waals surface area (Å²) in [5.41, 5.74) is -0.249. The molecule has 2 fully saturated rings. The first kappa shape index (κ1) is 18.2. The maximum Gasteiger partial charge on any atom is 0.239 e. The molecule has 0 bridgehead atoms. The molecular formula is C15H28ClN3O2. The highest BCUT2D eigenvalue weighted by Gasteiger charge is 2.51. The monoisotopic (exact) mass is 317 g/mol. The summed E-state index contributed by atoms with van der Waals surface area (Å²) in [6, 6.07) is 0. The first-order chi connectivity index (χ1) is 9.64. The molecule has 0 aromatic carbocycles. The zero-order valence-electron chi connectivity index (χ0n) is 13.1. The first-order valence-electron chi connectivity index (χ1n) is 7.91. The summed E-state index contributed by atoms with van der Waals surface area (Å²) in [4.78, 5) is 26.5. The van der Waals surface area contributed by atoms with Crippen molar-refractivity contribution in [2.75, 3.05) is 32.7 Å². The van der Waals surface area contributed by atoms with E-state index < -0.39 is 0 Å². The van der Waals surface area contributed by atoms with E-state index in [2.05, 4.69) is 10.6 Å². The fourth-order valence-corrected chi connectivity index (χ4v) is 3.74. The minimum Gasteiger partial charge on any atom is -0.355 e. The average Bonchev–Trinajstić information content (AvgIpc) is 2.89. The van der Waals surface area contributed by atoms with Gasteiger partial charge in [0.1, 0.15) is 0 Å². The van der Waals surface area contributed by atoms with E-state index in [1.54, 1.807) is 4.90 Å². The van der Waals surface area contributed by atoms with Gasteiger partial charge in [-0.05, 0) is 39.2 Å². The highest BCUT2D eigenvalue weighted by atomic mass is 35.5. The lowest BCUT2D eigenvalue weighted by molar-refractivity contribution is -0.147. The Kier molecular flexibility index (Phi) is 6.94. The third kappa shape index (κ3) is 3.69. The molecule has 1 aliphatic heterocycles. The van der Waals surface area contributed by atoms with Gasteiger partial charge < -0.3 is 15.5 Å². The van der Waals surface area contributed by atoms with E-state index in [1.807, 2.05) is 13.8 Å². The summed E-state index contributed by atoms with van der Waals surface area (Å²) in [7, 11) is 0. The first-order valence-corrected chi connectivity index (χ1v) is 7.91. The van der Waals surface area contributed by atoms with Crippen molar-refractivity contribution in [3.8, 4) is 0 Å². The quantitative estimate of drug-likeness (QED) is 0.800. The lowest BCUT2D eigenvalue weighted by Crippen LogP contribution is -2.52. The van der Waals surface area contributed by atoms with Gasteiger partial charge >= 0.3 is 0 Å². The molecule has 2 N–H and O–H groups in total. The van der Waals surface area contributed by atoms with Crippen molar-refractivity contribution in [2.45, 2.75) is 39.5 Å². The van der Waals surface area contributed by atoms with Crippen LogP contribution >= 0.6 is 12.4 Å². The predicted octanol–water partition coefficient (Wildman–Crippen LogP) is 1.17. The maximum absolute atomic E-state index is 13.0. The SMILES string of the molecule is CCNC(=O)CN(CC)C(=O)[C@@]12CCCC[C@H]1CNC2.Cl. The van der Waals surface area contributed by atoms with Gasteiger partial charge in [-0.1, -0.05) is 12.8 Å². The molecule has 2 rings (SSSR count). The van der Waals surface area contributed by atoms with Gasteiger partial charge in [-0.15, -0.1) is 12.4 Å². The van der Waals surface area contributed by atoms with Crippen LogP contribution in [0.2, 0.25) is 0 Å². The van der Waals surface area contributed by atoms with Crippen molar-refractivity contribution >= 4 is 24.2 Å². The number of fused-ring (bicyclic) bond motifs is 1. The van der Waals surface area contributed by atoms with Gasteiger partial charge in [-0.2, -0.15) is 0 Å². The van der Waals surface area contributed by atoms with Gasteiger partial charge in [-0.3, -0.25) is 9.59 Å². The van der Waals surface area contributed by atoms with Gasteiger partial charge in [0.25, 0.3) is 0 Å². The average molecular weight is 318 g/mol. The highest BCUT2D eigenvalue weighted by Crippen LogP contribution is 2.45. The molecule has 0 radical (unpaired) electrons. The molecule has 6 heteroatoms. The number of hydrogen-bond donors (Lipinski definition) is 2. The molecule has 2 amide bonds. The van der Waals surface area contributed by atoms with Gasteiger partial charge in [0.05, 0.1) is 12.0 Å². The summed E-state index contributed by atoms with van der Waals surface area (Å²) in [6.07, 6.45) is 4.46. The van der Waals surface area contributed by atoms with E-state index in [-0.39, 0.29) is 36.2 Å². The highest BCUT2D eigenvalue weighted by molar-refractivity contribution is 5.88. The molecule has 2 aliphatic rings.